The molecule has 0 spiro atoms. The van der Waals surface area contributed by atoms with Gasteiger partial charge in [0, 0.05) is 17.6 Å². The van der Waals surface area contributed by atoms with Gasteiger partial charge in [-0.25, -0.2) is 8.42 Å². The van der Waals surface area contributed by atoms with E-state index in [-0.39, 0.29) is 23.4 Å². The number of nitrogens with one attached hydrogen (secondary N) is 1. The Kier molecular flexibility index (Phi) is 9.94. The van der Waals surface area contributed by atoms with Crippen LogP contribution in [0, 0.1) is 6.92 Å². The zero-order chi connectivity index (χ0) is 27.9. The van der Waals surface area contributed by atoms with E-state index in [0.717, 1.165) is 21.9 Å². The normalized spacial score (nSPS) is 12.9. The maximum Gasteiger partial charge on any atom is 0.264 e. The maximum atomic E-state index is 13.9. The highest BCUT2D eigenvalue weighted by atomic mass is 35.5. The molecule has 9 heteroatoms. The molecule has 0 heterocycles. The Labute approximate surface area is 230 Å². The monoisotopic (exact) mass is 555 g/mol. The molecular weight excluding hydrogens is 522 g/mol. The summed E-state index contributed by atoms with van der Waals surface area (Å²) in [4.78, 5) is 28.4. The summed E-state index contributed by atoms with van der Waals surface area (Å²) in [6.45, 7) is 6.94. The molecule has 0 saturated carbocycles. The molecule has 38 heavy (non-hydrogen) atoms. The summed E-state index contributed by atoms with van der Waals surface area (Å²) in [6, 6.07) is 21.1. The number of halogens is 1. The smallest absolute Gasteiger partial charge is 0.264 e. The lowest BCUT2D eigenvalue weighted by atomic mass is 10.1. The third-order valence-electron chi connectivity index (χ3n) is 6.31. The van der Waals surface area contributed by atoms with Gasteiger partial charge in [-0.2, -0.15) is 0 Å². The van der Waals surface area contributed by atoms with Crippen molar-refractivity contribution in [1.29, 1.82) is 0 Å². The average molecular weight is 556 g/mol. The number of benzene rings is 3. The quantitative estimate of drug-likeness (QED) is 0.353. The molecule has 1 N–H and O–H groups in total. The van der Waals surface area contributed by atoms with Crippen LogP contribution in [0.15, 0.2) is 83.8 Å². The fraction of sp³-hybridized carbons (Fsp3) is 0.310. The van der Waals surface area contributed by atoms with Crippen molar-refractivity contribution in [3.8, 4) is 0 Å². The Morgan fingerprint density at radius 2 is 1.63 bits per heavy atom. The molecule has 0 radical (unpaired) electrons. The lowest BCUT2D eigenvalue weighted by molar-refractivity contribution is -0.139. The highest BCUT2D eigenvalue weighted by Gasteiger charge is 2.32. The number of anilines is 1. The van der Waals surface area contributed by atoms with Gasteiger partial charge in [0.15, 0.2) is 0 Å². The Morgan fingerprint density at radius 1 is 0.947 bits per heavy atom. The maximum absolute atomic E-state index is 13.9. The van der Waals surface area contributed by atoms with Gasteiger partial charge in [0.2, 0.25) is 11.8 Å². The molecule has 0 fully saturated rings. The second-order valence-electron chi connectivity index (χ2n) is 9.31. The standard InChI is InChI=1S/C29H34ClN3O4S/c1-5-22(3)31-29(35)23(4)32(19-24-12-10-13-25(30)18-24)28(34)20-33(26-14-9-11-21(2)17-26)38(36,37)27-15-7-6-8-16-27/h6-18,22-23H,5,19-20H2,1-4H3,(H,31,35)/t22-,23+/m1/s1. The van der Waals surface area contributed by atoms with Crippen LogP contribution in [-0.4, -0.2) is 43.8 Å². The first kappa shape index (κ1) is 29.2. The molecule has 0 aliphatic rings. The third-order valence-corrected chi connectivity index (χ3v) is 8.33. The van der Waals surface area contributed by atoms with Crippen LogP contribution < -0.4 is 9.62 Å². The van der Waals surface area contributed by atoms with Gasteiger partial charge in [-0.15, -0.1) is 0 Å². The first-order chi connectivity index (χ1) is 18.0. The number of amides is 2. The van der Waals surface area contributed by atoms with Crippen LogP contribution in [0.2, 0.25) is 5.02 Å². The van der Waals surface area contributed by atoms with Crippen LogP contribution >= 0.6 is 11.6 Å². The van der Waals surface area contributed by atoms with Crippen molar-refractivity contribution in [2.24, 2.45) is 0 Å². The molecule has 0 unspecified atom stereocenters. The lowest BCUT2D eigenvalue weighted by Crippen LogP contribution is -2.52. The van der Waals surface area contributed by atoms with E-state index in [9.17, 15) is 18.0 Å². The Bertz CT molecular complexity index is 1370. The minimum atomic E-state index is -4.08. The number of hydrogen-bond acceptors (Lipinski definition) is 4. The molecule has 0 aliphatic heterocycles. The van der Waals surface area contributed by atoms with E-state index in [4.69, 9.17) is 11.6 Å². The molecule has 0 aliphatic carbocycles. The fourth-order valence-electron chi connectivity index (χ4n) is 3.91. The van der Waals surface area contributed by atoms with E-state index in [2.05, 4.69) is 5.32 Å². The Balaban J connectivity index is 2.02. The number of carbonyl (C=O) groups is 2. The molecule has 7 nitrogen and oxygen atoms in total. The predicted molar refractivity (Wildman–Crippen MR) is 152 cm³/mol. The van der Waals surface area contributed by atoms with Crippen molar-refractivity contribution in [3.05, 3.63) is 95.0 Å². The highest BCUT2D eigenvalue weighted by Crippen LogP contribution is 2.25. The van der Waals surface area contributed by atoms with E-state index >= 15 is 0 Å². The summed E-state index contributed by atoms with van der Waals surface area (Å²) in [7, 11) is -4.08. The number of aryl methyl sites for hydroxylation is 1. The van der Waals surface area contributed by atoms with Gasteiger partial charge in [0.05, 0.1) is 10.6 Å². The summed E-state index contributed by atoms with van der Waals surface area (Å²) >= 11 is 6.17. The van der Waals surface area contributed by atoms with Crippen molar-refractivity contribution < 1.29 is 18.0 Å². The van der Waals surface area contributed by atoms with E-state index in [1.54, 1.807) is 61.5 Å². The highest BCUT2D eigenvalue weighted by molar-refractivity contribution is 7.92. The summed E-state index contributed by atoms with van der Waals surface area (Å²) in [5.41, 5.74) is 1.93. The summed E-state index contributed by atoms with van der Waals surface area (Å²) in [5, 5.41) is 3.42. The van der Waals surface area contributed by atoms with Gasteiger partial charge in [-0.3, -0.25) is 13.9 Å². The molecule has 3 rings (SSSR count). The molecule has 0 saturated heterocycles. The summed E-state index contributed by atoms with van der Waals surface area (Å²) < 4.78 is 28.6. The van der Waals surface area contributed by atoms with Crippen LogP contribution in [0.4, 0.5) is 5.69 Å². The minimum Gasteiger partial charge on any atom is -0.352 e. The number of rotatable bonds is 11. The van der Waals surface area contributed by atoms with Gasteiger partial charge < -0.3 is 10.2 Å². The van der Waals surface area contributed by atoms with E-state index in [1.165, 1.54) is 17.0 Å². The van der Waals surface area contributed by atoms with Crippen LogP contribution in [-0.2, 0) is 26.2 Å². The SMILES string of the molecule is CC[C@@H](C)NC(=O)[C@H](C)N(Cc1cccc(Cl)c1)C(=O)CN(c1cccc(C)c1)S(=O)(=O)c1ccccc1. The van der Waals surface area contributed by atoms with Crippen LogP contribution in [0.3, 0.4) is 0 Å². The van der Waals surface area contributed by atoms with Crippen LogP contribution in [0.5, 0.6) is 0 Å². The molecule has 0 bridgehead atoms. The largest absolute Gasteiger partial charge is 0.352 e. The van der Waals surface area contributed by atoms with Crippen molar-refractivity contribution in [2.75, 3.05) is 10.8 Å². The molecule has 0 aromatic heterocycles. The molecule has 2 atom stereocenters. The lowest BCUT2D eigenvalue weighted by Gasteiger charge is -2.32. The van der Waals surface area contributed by atoms with Crippen molar-refractivity contribution in [1.82, 2.24) is 10.2 Å². The molecule has 3 aromatic carbocycles. The number of sulfonamides is 1. The van der Waals surface area contributed by atoms with Gasteiger partial charge in [-0.05, 0) is 74.7 Å². The fourth-order valence-corrected chi connectivity index (χ4v) is 5.55. The third kappa shape index (κ3) is 7.36. The number of hydrogen-bond donors (Lipinski definition) is 1. The Hall–Kier alpha value is -3.36. The van der Waals surface area contributed by atoms with E-state index < -0.39 is 28.5 Å². The predicted octanol–water partition coefficient (Wildman–Crippen LogP) is 5.18. The summed E-state index contributed by atoms with van der Waals surface area (Å²) in [5.74, 6) is -0.833. The van der Waals surface area contributed by atoms with Gasteiger partial charge in [0.25, 0.3) is 10.0 Å². The molecule has 202 valence electrons. The number of nitrogens with zero attached hydrogens (tertiary/aromatic N) is 2. The molecular formula is C29H34ClN3O4S. The zero-order valence-corrected chi connectivity index (χ0v) is 23.7. The first-order valence-corrected chi connectivity index (χ1v) is 14.3. The van der Waals surface area contributed by atoms with E-state index in [0.29, 0.717) is 10.7 Å². The second-order valence-corrected chi connectivity index (χ2v) is 11.6. The van der Waals surface area contributed by atoms with E-state index in [1.807, 2.05) is 32.9 Å². The van der Waals surface area contributed by atoms with Crippen LogP contribution in [0.25, 0.3) is 0 Å². The first-order valence-electron chi connectivity index (χ1n) is 12.5. The topological polar surface area (TPSA) is 86.8 Å². The van der Waals surface area contributed by atoms with Gasteiger partial charge >= 0.3 is 0 Å². The Morgan fingerprint density at radius 3 is 2.26 bits per heavy atom. The van der Waals surface area contributed by atoms with Gasteiger partial charge in [-0.1, -0.05) is 61.0 Å². The van der Waals surface area contributed by atoms with Crippen LogP contribution in [0.1, 0.15) is 38.3 Å². The molecule has 2 amide bonds. The second kappa shape index (κ2) is 12.9. The number of carbonyl (C=O) groups excluding carboxylic acids is 2. The van der Waals surface area contributed by atoms with Crippen molar-refractivity contribution in [2.45, 2.75) is 57.6 Å². The van der Waals surface area contributed by atoms with Crippen molar-refractivity contribution >= 4 is 39.1 Å². The zero-order valence-electron chi connectivity index (χ0n) is 22.1. The minimum absolute atomic E-state index is 0.0678. The average Bonchev–Trinajstić information content (AvgIpc) is 2.90. The van der Waals surface area contributed by atoms with Crippen molar-refractivity contribution in [3.63, 3.8) is 0 Å². The summed E-state index contributed by atoms with van der Waals surface area (Å²) in [6.07, 6.45) is 0.733. The van der Waals surface area contributed by atoms with Gasteiger partial charge in [0.1, 0.15) is 12.6 Å². The molecule has 3 aromatic rings.